The lowest BCUT2D eigenvalue weighted by Crippen LogP contribution is -2.00. The van der Waals surface area contributed by atoms with E-state index < -0.39 is 0 Å². The summed E-state index contributed by atoms with van der Waals surface area (Å²) in [4.78, 5) is 12.7. The van der Waals surface area contributed by atoms with Gasteiger partial charge in [0.05, 0.1) is 17.6 Å². The molecule has 0 atom stereocenters. The minimum Gasteiger partial charge on any atom is -0.364 e. The van der Waals surface area contributed by atoms with Crippen LogP contribution in [0.4, 0.5) is 5.69 Å². The number of para-hydroxylation sites is 1. The number of rotatable bonds is 5. The van der Waals surface area contributed by atoms with Gasteiger partial charge >= 0.3 is 0 Å². The molecule has 2 aromatic heterocycles. The predicted molar refractivity (Wildman–Crippen MR) is 93.7 cm³/mol. The molecule has 2 heterocycles. The topological polar surface area (TPSA) is 88.7 Å². The SMILES string of the molecule is COCn1cnc2c(/C(C#N)=C\Nc3ccccc3Br)ncnc21. The number of methoxy groups -OCH3 is 1. The number of nitriles is 1. The molecule has 3 aromatic rings. The Kier molecular flexibility index (Phi) is 4.84. The Bertz CT molecular complexity index is 943. The van der Waals surface area contributed by atoms with Crippen molar-refractivity contribution < 1.29 is 4.74 Å². The number of anilines is 1. The molecule has 0 saturated carbocycles. The predicted octanol–water partition coefficient (Wildman–Crippen LogP) is 3.17. The highest BCUT2D eigenvalue weighted by molar-refractivity contribution is 9.10. The molecule has 0 bridgehead atoms. The van der Waals surface area contributed by atoms with Crippen molar-refractivity contribution >= 4 is 38.4 Å². The Balaban J connectivity index is 2.00. The Morgan fingerprint density at radius 2 is 2.21 bits per heavy atom. The zero-order valence-electron chi connectivity index (χ0n) is 12.8. The van der Waals surface area contributed by atoms with Crippen LogP contribution in [0.3, 0.4) is 0 Å². The van der Waals surface area contributed by atoms with Crippen molar-refractivity contribution in [2.75, 3.05) is 12.4 Å². The molecule has 3 rings (SSSR count). The van der Waals surface area contributed by atoms with Crippen LogP contribution in [0, 0.1) is 11.3 Å². The Morgan fingerprint density at radius 3 is 2.96 bits per heavy atom. The molecule has 7 nitrogen and oxygen atoms in total. The fourth-order valence-corrected chi connectivity index (χ4v) is 2.59. The van der Waals surface area contributed by atoms with Crippen molar-refractivity contribution in [2.45, 2.75) is 6.73 Å². The molecule has 24 heavy (non-hydrogen) atoms. The summed E-state index contributed by atoms with van der Waals surface area (Å²) >= 11 is 3.46. The number of halogens is 1. The summed E-state index contributed by atoms with van der Waals surface area (Å²) in [5, 5.41) is 12.6. The molecule has 120 valence electrons. The average molecular weight is 385 g/mol. The molecule has 0 unspecified atom stereocenters. The summed E-state index contributed by atoms with van der Waals surface area (Å²) in [6.07, 6.45) is 4.63. The Morgan fingerprint density at radius 1 is 1.38 bits per heavy atom. The average Bonchev–Trinajstić information content (AvgIpc) is 3.01. The standard InChI is InChI=1S/C16H13BrN6O/c1-24-10-23-9-22-15-14(20-8-21-16(15)23)11(6-18)7-19-13-5-3-2-4-12(13)17/h2-5,7-9,19H,10H2,1H3/b11-7-. The lowest BCUT2D eigenvalue weighted by atomic mass is 10.2. The van der Waals surface area contributed by atoms with E-state index in [4.69, 9.17) is 4.74 Å². The maximum absolute atomic E-state index is 9.51. The van der Waals surface area contributed by atoms with Gasteiger partial charge < -0.3 is 10.1 Å². The third-order valence-corrected chi connectivity index (χ3v) is 3.98. The summed E-state index contributed by atoms with van der Waals surface area (Å²) in [5.74, 6) is 0. The third-order valence-electron chi connectivity index (χ3n) is 3.29. The molecule has 0 amide bonds. The summed E-state index contributed by atoms with van der Waals surface area (Å²) in [6, 6.07) is 9.79. The number of benzene rings is 1. The molecule has 8 heteroatoms. The van der Waals surface area contributed by atoms with Gasteiger partial charge in [-0.05, 0) is 28.1 Å². The van der Waals surface area contributed by atoms with Crippen LogP contribution in [-0.4, -0.2) is 26.6 Å². The molecule has 0 saturated heterocycles. The second-order valence-corrected chi connectivity index (χ2v) is 5.67. The van der Waals surface area contributed by atoms with Gasteiger partial charge in [-0.3, -0.25) is 4.57 Å². The van der Waals surface area contributed by atoms with Crippen molar-refractivity contribution in [3.63, 3.8) is 0 Å². The van der Waals surface area contributed by atoms with E-state index in [0.717, 1.165) is 10.2 Å². The Hall–Kier alpha value is -2.76. The minimum atomic E-state index is 0.327. The molecule has 0 aliphatic rings. The van der Waals surface area contributed by atoms with Crippen molar-refractivity contribution in [1.29, 1.82) is 5.26 Å². The lowest BCUT2D eigenvalue weighted by Gasteiger charge is -2.05. The van der Waals surface area contributed by atoms with Crippen LogP contribution in [0.15, 0.2) is 47.6 Å². The number of allylic oxidation sites excluding steroid dienone is 1. The van der Waals surface area contributed by atoms with Crippen LogP contribution >= 0.6 is 15.9 Å². The molecule has 1 N–H and O–H groups in total. The fourth-order valence-electron chi connectivity index (χ4n) is 2.19. The van der Waals surface area contributed by atoms with Crippen LogP contribution in [0.1, 0.15) is 5.69 Å². The number of ether oxygens (including phenoxy) is 1. The number of nitrogens with zero attached hydrogens (tertiary/aromatic N) is 5. The zero-order chi connectivity index (χ0) is 16.9. The van der Waals surface area contributed by atoms with Crippen molar-refractivity contribution in [3.05, 3.63) is 53.3 Å². The molecular weight excluding hydrogens is 372 g/mol. The van der Waals surface area contributed by atoms with E-state index in [1.54, 1.807) is 24.2 Å². The minimum absolute atomic E-state index is 0.327. The molecule has 0 spiro atoms. The van der Waals surface area contributed by atoms with Crippen LogP contribution < -0.4 is 5.32 Å². The summed E-state index contributed by atoms with van der Waals surface area (Å²) in [6.45, 7) is 0.327. The second-order valence-electron chi connectivity index (χ2n) is 4.82. The monoisotopic (exact) mass is 384 g/mol. The van der Waals surface area contributed by atoms with Gasteiger partial charge in [0.2, 0.25) is 0 Å². The van der Waals surface area contributed by atoms with E-state index in [1.165, 1.54) is 6.33 Å². The number of nitrogens with one attached hydrogen (secondary N) is 1. The third kappa shape index (κ3) is 3.13. The number of imidazole rings is 1. The largest absolute Gasteiger partial charge is 0.364 e. The van der Waals surface area contributed by atoms with Crippen molar-refractivity contribution in [2.24, 2.45) is 0 Å². The summed E-state index contributed by atoms with van der Waals surface area (Å²) in [7, 11) is 1.59. The lowest BCUT2D eigenvalue weighted by molar-refractivity contribution is 0.134. The van der Waals surface area contributed by atoms with E-state index in [1.807, 2.05) is 24.3 Å². The van der Waals surface area contributed by atoms with E-state index in [-0.39, 0.29) is 0 Å². The highest BCUT2D eigenvalue weighted by atomic mass is 79.9. The van der Waals surface area contributed by atoms with Gasteiger partial charge in [0.15, 0.2) is 5.65 Å². The van der Waals surface area contributed by atoms with Gasteiger partial charge in [0, 0.05) is 17.8 Å². The van der Waals surface area contributed by atoms with E-state index in [2.05, 4.69) is 42.3 Å². The number of fused-ring (bicyclic) bond motifs is 1. The first-order valence-electron chi connectivity index (χ1n) is 7.01. The maximum Gasteiger partial charge on any atom is 0.165 e. The maximum atomic E-state index is 9.51. The molecule has 1 aromatic carbocycles. The van der Waals surface area contributed by atoms with Gasteiger partial charge in [0.25, 0.3) is 0 Å². The van der Waals surface area contributed by atoms with Gasteiger partial charge in [-0.15, -0.1) is 0 Å². The summed E-state index contributed by atoms with van der Waals surface area (Å²) in [5.41, 5.74) is 2.85. The highest BCUT2D eigenvalue weighted by Gasteiger charge is 2.13. The first kappa shape index (κ1) is 16.1. The van der Waals surface area contributed by atoms with Gasteiger partial charge in [-0.1, -0.05) is 12.1 Å². The van der Waals surface area contributed by atoms with Crippen molar-refractivity contribution in [3.8, 4) is 6.07 Å². The first-order chi connectivity index (χ1) is 11.7. The van der Waals surface area contributed by atoms with E-state index in [0.29, 0.717) is 29.2 Å². The molecule has 0 fully saturated rings. The summed E-state index contributed by atoms with van der Waals surface area (Å²) < 4.78 is 7.75. The fraction of sp³-hybridized carbons (Fsp3) is 0.125. The van der Waals surface area contributed by atoms with Gasteiger partial charge in [-0.25, -0.2) is 15.0 Å². The van der Waals surface area contributed by atoms with Crippen LogP contribution in [0.2, 0.25) is 0 Å². The molecule has 0 radical (unpaired) electrons. The molecule has 0 aliphatic heterocycles. The van der Waals surface area contributed by atoms with Crippen LogP contribution in [-0.2, 0) is 11.5 Å². The number of hydrogen-bond acceptors (Lipinski definition) is 6. The first-order valence-corrected chi connectivity index (χ1v) is 7.80. The second kappa shape index (κ2) is 7.21. The normalized spacial score (nSPS) is 11.5. The van der Waals surface area contributed by atoms with Crippen LogP contribution in [0.25, 0.3) is 16.7 Å². The number of aromatic nitrogens is 4. The Labute approximate surface area is 146 Å². The number of hydrogen-bond donors (Lipinski definition) is 1. The quantitative estimate of drug-likeness (QED) is 0.679. The molecule has 0 aliphatic carbocycles. The van der Waals surface area contributed by atoms with E-state index in [9.17, 15) is 5.26 Å². The van der Waals surface area contributed by atoms with Crippen molar-refractivity contribution in [1.82, 2.24) is 19.5 Å². The van der Waals surface area contributed by atoms with Gasteiger partial charge in [-0.2, -0.15) is 5.26 Å². The zero-order valence-corrected chi connectivity index (χ0v) is 14.4. The van der Waals surface area contributed by atoms with E-state index >= 15 is 0 Å². The smallest absolute Gasteiger partial charge is 0.165 e. The van der Waals surface area contributed by atoms with Gasteiger partial charge in [0.1, 0.15) is 30.3 Å². The van der Waals surface area contributed by atoms with Crippen LogP contribution in [0.5, 0.6) is 0 Å². The highest BCUT2D eigenvalue weighted by Crippen LogP contribution is 2.24. The molecular formula is C16H13BrN6O.